The monoisotopic (exact) mass is 368 g/mol. The van der Waals surface area contributed by atoms with Gasteiger partial charge in [-0.1, -0.05) is 18.2 Å². The first-order chi connectivity index (χ1) is 12.6. The van der Waals surface area contributed by atoms with E-state index >= 15 is 0 Å². The van der Waals surface area contributed by atoms with Gasteiger partial charge in [-0.05, 0) is 61.9 Å². The molecule has 0 spiro atoms. The number of nitrogens with zero attached hydrogens (tertiary/aromatic N) is 2. The fraction of sp³-hybridized carbons (Fsp3) is 0.286. The van der Waals surface area contributed by atoms with Crippen molar-refractivity contribution in [3.05, 3.63) is 59.8 Å². The minimum atomic E-state index is -0.0606. The molecule has 0 radical (unpaired) electrons. The molecule has 5 heteroatoms. The predicted octanol–water partition coefficient (Wildman–Crippen LogP) is 4.97. The molecule has 0 aliphatic carbocycles. The second kappa shape index (κ2) is 7.87. The molecule has 0 bridgehead atoms. The van der Waals surface area contributed by atoms with Crippen LogP contribution in [0.2, 0.25) is 0 Å². The van der Waals surface area contributed by atoms with Gasteiger partial charge in [-0.15, -0.1) is 11.8 Å². The van der Waals surface area contributed by atoms with Gasteiger partial charge in [0.2, 0.25) is 0 Å². The Kier molecular flexibility index (Phi) is 5.57. The van der Waals surface area contributed by atoms with Crippen molar-refractivity contribution >= 4 is 28.7 Å². The summed E-state index contributed by atoms with van der Waals surface area (Å²) in [5.74, 6) is 0.212. The lowest BCUT2D eigenvalue weighted by atomic mass is 10.0. The Morgan fingerprint density at radius 2 is 1.81 bits per heavy atom. The number of thioether (sulfide) groups is 1. The number of fused-ring (bicyclic) bond motifs is 1. The molecule has 26 heavy (non-hydrogen) atoms. The number of phenolic OH excluding ortho intramolecular Hbond substituents is 1. The number of aromatic nitrogens is 1. The topological polar surface area (TPSA) is 45.5 Å². The van der Waals surface area contributed by atoms with Crippen molar-refractivity contribution in [2.75, 3.05) is 19.3 Å². The van der Waals surface area contributed by atoms with Crippen LogP contribution in [0.1, 0.15) is 25.0 Å². The van der Waals surface area contributed by atoms with Crippen LogP contribution in [0.3, 0.4) is 0 Å². The largest absolute Gasteiger partial charge is 0.507 e. The van der Waals surface area contributed by atoms with Crippen LogP contribution in [0.5, 0.6) is 5.75 Å². The fourth-order valence-corrected chi connectivity index (χ4v) is 3.66. The van der Waals surface area contributed by atoms with Crippen molar-refractivity contribution in [2.45, 2.75) is 25.2 Å². The number of phenols is 1. The molecule has 0 saturated carbocycles. The molecule has 4 nitrogen and oxygen atoms in total. The van der Waals surface area contributed by atoms with E-state index in [4.69, 9.17) is 0 Å². The standard InChI is InChI=1S/C21H24N2O2S/c1-4-22(5-2)21(25)23-14-16(20-18(23)7-6-8-19(20)24)13-15-9-11-17(26-3)12-10-15/h6-12,14,24H,4-5,13H2,1-3H3. The Bertz CT molecular complexity index is 912. The molecular weight excluding hydrogens is 344 g/mol. The normalized spacial score (nSPS) is 11.0. The van der Waals surface area contributed by atoms with Crippen LogP contribution in [0.4, 0.5) is 4.79 Å². The average molecular weight is 369 g/mol. The summed E-state index contributed by atoms with van der Waals surface area (Å²) in [6.07, 6.45) is 4.59. The van der Waals surface area contributed by atoms with Crippen LogP contribution in [-0.4, -0.2) is 39.9 Å². The minimum absolute atomic E-state index is 0.0606. The van der Waals surface area contributed by atoms with E-state index < -0.39 is 0 Å². The number of hydrogen-bond donors (Lipinski definition) is 1. The van der Waals surface area contributed by atoms with Gasteiger partial charge in [0.15, 0.2) is 0 Å². The SMILES string of the molecule is CCN(CC)C(=O)n1cc(Cc2ccc(SC)cc2)c2c(O)cccc21. The third-order valence-electron chi connectivity index (χ3n) is 4.68. The first-order valence-electron chi connectivity index (χ1n) is 8.83. The molecule has 0 saturated heterocycles. The fourth-order valence-electron chi connectivity index (χ4n) is 3.25. The molecule has 0 aliphatic heterocycles. The Morgan fingerprint density at radius 3 is 2.42 bits per heavy atom. The number of rotatable bonds is 5. The summed E-state index contributed by atoms with van der Waals surface area (Å²) in [4.78, 5) is 15.9. The average Bonchev–Trinajstić information content (AvgIpc) is 3.03. The number of aromatic hydroxyl groups is 1. The summed E-state index contributed by atoms with van der Waals surface area (Å²) < 4.78 is 1.66. The molecule has 3 rings (SSSR count). The van der Waals surface area contributed by atoms with Gasteiger partial charge < -0.3 is 10.0 Å². The van der Waals surface area contributed by atoms with Crippen LogP contribution >= 0.6 is 11.8 Å². The number of carbonyl (C=O) groups excluding carboxylic acids is 1. The molecule has 0 aliphatic rings. The molecule has 0 fully saturated rings. The third kappa shape index (κ3) is 3.44. The van der Waals surface area contributed by atoms with Crippen LogP contribution < -0.4 is 0 Å². The Balaban J connectivity index is 2.06. The van der Waals surface area contributed by atoms with Gasteiger partial charge in [0, 0.05) is 29.6 Å². The first-order valence-corrected chi connectivity index (χ1v) is 10.1. The highest BCUT2D eigenvalue weighted by Crippen LogP contribution is 2.32. The van der Waals surface area contributed by atoms with Gasteiger partial charge in [0.1, 0.15) is 5.75 Å². The maximum Gasteiger partial charge on any atom is 0.328 e. The van der Waals surface area contributed by atoms with Crippen molar-refractivity contribution in [3.63, 3.8) is 0 Å². The van der Waals surface area contributed by atoms with Crippen molar-refractivity contribution in [3.8, 4) is 5.75 Å². The molecule has 0 unspecified atom stereocenters. The van der Waals surface area contributed by atoms with Gasteiger partial charge >= 0.3 is 6.03 Å². The minimum Gasteiger partial charge on any atom is -0.507 e. The summed E-state index contributed by atoms with van der Waals surface area (Å²) in [5.41, 5.74) is 2.86. The van der Waals surface area contributed by atoms with E-state index in [9.17, 15) is 9.90 Å². The highest BCUT2D eigenvalue weighted by Gasteiger charge is 2.19. The summed E-state index contributed by atoms with van der Waals surface area (Å²) >= 11 is 1.71. The predicted molar refractivity (Wildman–Crippen MR) is 108 cm³/mol. The maximum atomic E-state index is 12.9. The third-order valence-corrected chi connectivity index (χ3v) is 5.42. The lowest BCUT2D eigenvalue weighted by molar-refractivity contribution is 0.206. The number of amides is 1. The second-order valence-corrected chi connectivity index (χ2v) is 7.05. The maximum absolute atomic E-state index is 12.9. The molecule has 136 valence electrons. The van der Waals surface area contributed by atoms with E-state index in [0.29, 0.717) is 19.5 Å². The lowest BCUT2D eigenvalue weighted by Crippen LogP contribution is -2.33. The molecular formula is C21H24N2O2S. The van der Waals surface area contributed by atoms with Crippen LogP contribution in [0.15, 0.2) is 53.6 Å². The van der Waals surface area contributed by atoms with Gasteiger partial charge in [0.05, 0.1) is 5.52 Å². The quantitative estimate of drug-likeness (QED) is 0.647. The van der Waals surface area contributed by atoms with Crippen molar-refractivity contribution in [1.29, 1.82) is 0 Å². The summed E-state index contributed by atoms with van der Waals surface area (Å²) in [5, 5.41) is 11.2. The lowest BCUT2D eigenvalue weighted by Gasteiger charge is -2.19. The van der Waals surface area contributed by atoms with Gasteiger partial charge in [-0.25, -0.2) is 4.79 Å². The van der Waals surface area contributed by atoms with Crippen LogP contribution in [-0.2, 0) is 6.42 Å². The van der Waals surface area contributed by atoms with Gasteiger partial charge in [-0.3, -0.25) is 4.57 Å². The summed E-state index contributed by atoms with van der Waals surface area (Å²) in [6, 6.07) is 13.7. The molecule has 1 heterocycles. The van der Waals surface area contributed by atoms with Crippen LogP contribution in [0.25, 0.3) is 10.9 Å². The summed E-state index contributed by atoms with van der Waals surface area (Å²) in [7, 11) is 0. The molecule has 1 aromatic heterocycles. The Hall–Kier alpha value is -2.40. The van der Waals surface area contributed by atoms with E-state index in [2.05, 4.69) is 30.5 Å². The highest BCUT2D eigenvalue weighted by molar-refractivity contribution is 7.98. The Morgan fingerprint density at radius 1 is 1.12 bits per heavy atom. The smallest absolute Gasteiger partial charge is 0.328 e. The molecule has 1 amide bonds. The first kappa shape index (κ1) is 18.4. The number of benzene rings is 2. The molecule has 0 atom stereocenters. The van der Waals surface area contributed by atoms with E-state index in [1.807, 2.05) is 26.1 Å². The van der Waals surface area contributed by atoms with E-state index in [1.165, 1.54) is 4.90 Å². The van der Waals surface area contributed by atoms with Crippen LogP contribution in [0, 0.1) is 0 Å². The Labute approximate surface area is 158 Å². The summed E-state index contributed by atoms with van der Waals surface area (Å²) in [6.45, 7) is 5.25. The highest BCUT2D eigenvalue weighted by atomic mass is 32.2. The number of carbonyl (C=O) groups is 1. The number of hydrogen-bond acceptors (Lipinski definition) is 3. The van der Waals surface area contributed by atoms with Crippen molar-refractivity contribution in [1.82, 2.24) is 9.47 Å². The van der Waals surface area contributed by atoms with Gasteiger partial charge in [0.25, 0.3) is 0 Å². The van der Waals surface area contributed by atoms with E-state index in [1.54, 1.807) is 33.4 Å². The zero-order valence-electron chi connectivity index (χ0n) is 15.4. The van der Waals surface area contributed by atoms with Crippen molar-refractivity contribution < 1.29 is 9.90 Å². The zero-order valence-corrected chi connectivity index (χ0v) is 16.2. The van der Waals surface area contributed by atoms with E-state index in [-0.39, 0.29) is 11.8 Å². The molecule has 3 aromatic rings. The molecule has 1 N–H and O–H groups in total. The second-order valence-electron chi connectivity index (χ2n) is 6.18. The van der Waals surface area contributed by atoms with Gasteiger partial charge in [-0.2, -0.15) is 0 Å². The van der Waals surface area contributed by atoms with E-state index in [0.717, 1.165) is 22.0 Å². The van der Waals surface area contributed by atoms with Crippen molar-refractivity contribution in [2.24, 2.45) is 0 Å². The molecule has 2 aromatic carbocycles. The zero-order chi connectivity index (χ0) is 18.7.